The number of thioether (sulfide) groups is 1. The van der Waals surface area contributed by atoms with Crippen LogP contribution in [0.3, 0.4) is 0 Å². The summed E-state index contributed by atoms with van der Waals surface area (Å²) in [6.07, 6.45) is 1.84. The molecule has 126 valence electrons. The third-order valence-corrected chi connectivity index (χ3v) is 3.34. The summed E-state index contributed by atoms with van der Waals surface area (Å²) in [6.45, 7) is 1.82. The minimum atomic E-state index is -4.27. The molecular weight excluding hydrogens is 348 g/mol. The predicted octanol–water partition coefficient (Wildman–Crippen LogP) is -2.79. The van der Waals surface area contributed by atoms with E-state index in [1.165, 1.54) is 23.9 Å². The van der Waals surface area contributed by atoms with Gasteiger partial charge >= 0.3 is 5.17 Å². The van der Waals surface area contributed by atoms with Gasteiger partial charge in [0.2, 0.25) is 0 Å². The van der Waals surface area contributed by atoms with Crippen LogP contribution in [0.4, 0.5) is 0 Å². The quantitative estimate of drug-likeness (QED) is 0.0755. The third kappa shape index (κ3) is 13.4. The summed E-state index contributed by atoms with van der Waals surface area (Å²) in [5.41, 5.74) is 12.9. The van der Waals surface area contributed by atoms with E-state index >= 15 is 0 Å². The van der Waals surface area contributed by atoms with E-state index in [0.29, 0.717) is 5.17 Å². The van der Waals surface area contributed by atoms with E-state index in [1.807, 2.05) is 18.6 Å². The topological polar surface area (TPSA) is 187 Å². The van der Waals surface area contributed by atoms with Crippen molar-refractivity contribution in [3.05, 3.63) is 29.8 Å². The van der Waals surface area contributed by atoms with Crippen LogP contribution in [0.2, 0.25) is 0 Å². The molecule has 0 unspecified atom stereocenters. The van der Waals surface area contributed by atoms with Gasteiger partial charge in [0.05, 0.1) is 4.90 Å². The molecule has 0 bridgehead atoms. The van der Waals surface area contributed by atoms with Crippen LogP contribution in [-0.2, 0) is 10.1 Å². The average molecular weight is 369 g/mol. The minimum absolute atomic E-state index is 0.116. The van der Waals surface area contributed by atoms with Gasteiger partial charge in [-0.25, -0.2) is 14.3 Å². The molecule has 0 amide bonds. The fourth-order valence-electron chi connectivity index (χ4n) is 0.764. The van der Waals surface area contributed by atoms with E-state index in [9.17, 15) is 13.0 Å². The highest BCUT2D eigenvalue weighted by Crippen LogP contribution is 2.08. The first-order chi connectivity index (χ1) is 10.1. The second-order valence-electron chi connectivity index (χ2n) is 3.49. The van der Waals surface area contributed by atoms with Gasteiger partial charge in [0, 0.05) is 0 Å². The number of amidine groups is 1. The molecular formula is C10H20N6O3S3. The van der Waals surface area contributed by atoms with Crippen LogP contribution in [0, 0.1) is 6.92 Å². The molecule has 0 aliphatic heterocycles. The number of thiocarbonyl (C=S) groups is 1. The van der Waals surface area contributed by atoms with Crippen LogP contribution in [0.25, 0.3) is 0 Å². The summed E-state index contributed by atoms with van der Waals surface area (Å²) in [7, 11) is -4.27. The Bertz CT molecular complexity index is 574. The van der Waals surface area contributed by atoms with Crippen molar-refractivity contribution in [1.82, 2.24) is 5.43 Å². The molecule has 0 heterocycles. The average Bonchev–Trinajstić information content (AvgIpc) is 2.47. The Balaban J connectivity index is 0. The molecule has 0 radical (unpaired) electrons. The summed E-state index contributed by atoms with van der Waals surface area (Å²) in [5.74, 6) is 9.50. The zero-order valence-corrected chi connectivity index (χ0v) is 14.5. The number of hydrazine groups is 2. The van der Waals surface area contributed by atoms with E-state index in [1.54, 1.807) is 12.1 Å². The van der Waals surface area contributed by atoms with Crippen molar-refractivity contribution < 1.29 is 18.1 Å². The maximum Gasteiger partial charge on any atom is 0.324 e. The lowest BCUT2D eigenvalue weighted by atomic mass is 10.2. The third-order valence-electron chi connectivity index (χ3n) is 1.81. The van der Waals surface area contributed by atoms with Crippen LogP contribution in [0.15, 0.2) is 29.2 Å². The summed E-state index contributed by atoms with van der Waals surface area (Å²) in [5, 5.41) is 2.92. The van der Waals surface area contributed by atoms with Gasteiger partial charge < -0.3 is 15.7 Å². The van der Waals surface area contributed by atoms with Crippen LogP contribution >= 0.6 is 24.0 Å². The Morgan fingerprint density at radius 3 is 1.91 bits per heavy atom. The van der Waals surface area contributed by atoms with Gasteiger partial charge in [0.25, 0.3) is 0 Å². The van der Waals surface area contributed by atoms with Crippen molar-refractivity contribution in [3.63, 3.8) is 0 Å². The lowest BCUT2D eigenvalue weighted by Crippen LogP contribution is -2.81. The van der Waals surface area contributed by atoms with Gasteiger partial charge in [-0.3, -0.25) is 11.6 Å². The smallest absolute Gasteiger partial charge is 0.324 e. The molecule has 12 heteroatoms. The lowest BCUT2D eigenvalue weighted by molar-refractivity contribution is -0.467. The van der Waals surface area contributed by atoms with Gasteiger partial charge in [-0.2, -0.15) is 5.10 Å². The molecule has 0 spiro atoms. The monoisotopic (exact) mass is 368 g/mol. The highest BCUT2D eigenvalue weighted by molar-refractivity contribution is 8.12. The Morgan fingerprint density at radius 2 is 1.73 bits per heavy atom. The molecule has 9 nitrogen and oxygen atoms in total. The fraction of sp³-hybridized carbons (Fsp3) is 0.200. The molecule has 0 aromatic heterocycles. The first-order valence-corrected chi connectivity index (χ1v) is 8.54. The Kier molecular flexibility index (Phi) is 12.4. The van der Waals surface area contributed by atoms with Crippen LogP contribution in [-0.4, -0.2) is 29.5 Å². The summed E-state index contributed by atoms with van der Waals surface area (Å²) >= 11 is 5.62. The maximum absolute atomic E-state index is 10.4. The molecule has 0 aliphatic rings. The molecule has 1 aromatic rings. The summed E-state index contributed by atoms with van der Waals surface area (Å²) in [6, 6.07) is 5.78. The van der Waals surface area contributed by atoms with Crippen molar-refractivity contribution in [2.75, 3.05) is 6.26 Å². The molecule has 1 rings (SSSR count). The van der Waals surface area contributed by atoms with Crippen LogP contribution in [0.5, 0.6) is 0 Å². The van der Waals surface area contributed by atoms with Gasteiger partial charge in [0.1, 0.15) is 10.1 Å². The Morgan fingerprint density at radius 1 is 1.32 bits per heavy atom. The van der Waals surface area contributed by atoms with Crippen LogP contribution < -0.4 is 33.7 Å². The molecule has 0 saturated heterocycles. The molecule has 22 heavy (non-hydrogen) atoms. The Hall–Kier alpha value is -1.60. The number of benzene rings is 1. The fourth-order valence-corrected chi connectivity index (χ4v) is 1.35. The molecule has 0 atom stereocenters. The van der Waals surface area contributed by atoms with Crippen molar-refractivity contribution in [2.24, 2.45) is 23.2 Å². The predicted molar refractivity (Wildman–Crippen MR) is 91.1 cm³/mol. The van der Waals surface area contributed by atoms with E-state index in [2.05, 4.69) is 23.2 Å². The second kappa shape index (κ2) is 12.0. The zero-order valence-electron chi connectivity index (χ0n) is 12.1. The number of nitrogens with one attached hydrogen (secondary N) is 2. The maximum atomic E-state index is 10.4. The first-order valence-electron chi connectivity index (χ1n) is 5.50. The SMILES string of the molecule is CSC(N)=[NH+]N.Cc1ccc(S(=O)(=O)[O-])cc1.NNC(N)=S. The number of hydrogen-bond donors (Lipinski definition) is 6. The number of hydrogen-bond acceptors (Lipinski definition) is 7. The van der Waals surface area contributed by atoms with Gasteiger partial charge in [0.15, 0.2) is 5.11 Å². The van der Waals surface area contributed by atoms with Gasteiger partial charge in [-0.1, -0.05) is 17.7 Å². The van der Waals surface area contributed by atoms with Crippen molar-refractivity contribution >= 4 is 44.4 Å². The van der Waals surface area contributed by atoms with Crippen molar-refractivity contribution in [3.8, 4) is 0 Å². The van der Waals surface area contributed by atoms with E-state index in [4.69, 9.17) is 17.3 Å². The Labute approximate surface area is 139 Å². The second-order valence-corrected chi connectivity index (χ2v) is 6.16. The molecule has 0 fully saturated rings. The van der Waals surface area contributed by atoms with E-state index in [0.717, 1.165) is 5.56 Å². The first kappa shape index (κ1) is 22.7. The highest BCUT2D eigenvalue weighted by Gasteiger charge is 1.97. The summed E-state index contributed by atoms with van der Waals surface area (Å²) < 4.78 is 31.2. The van der Waals surface area contributed by atoms with Gasteiger partial charge in [-0.15, -0.1) is 0 Å². The van der Waals surface area contributed by atoms with Crippen molar-refractivity contribution in [2.45, 2.75) is 11.8 Å². The number of nitrogens with two attached hydrogens (primary N) is 4. The highest BCUT2D eigenvalue weighted by atomic mass is 32.2. The number of hydrazone groups is 1. The lowest BCUT2D eigenvalue weighted by Gasteiger charge is -2.05. The minimum Gasteiger partial charge on any atom is -0.744 e. The van der Waals surface area contributed by atoms with Gasteiger partial charge in [-0.05, 0) is 49.3 Å². The van der Waals surface area contributed by atoms with Crippen LogP contribution in [0.1, 0.15) is 5.56 Å². The van der Waals surface area contributed by atoms with E-state index in [-0.39, 0.29) is 10.0 Å². The molecule has 0 saturated carbocycles. The molecule has 10 N–H and O–H groups in total. The standard InChI is InChI=1S/C7H8O3S.C2H7N3S.CH5N3S/c1-6-2-4-7(5-3-6)11(8,9)10;1-6-2(3)5-4;2-1(5)4-3/h2-5H,1H3,(H,8,9,10);4H2,1H3,(H2,3,5);3H2,(H3,2,4,5). The molecule has 1 aromatic carbocycles. The summed E-state index contributed by atoms with van der Waals surface area (Å²) in [4.78, 5) is -0.178. The van der Waals surface area contributed by atoms with E-state index < -0.39 is 10.1 Å². The molecule has 0 aliphatic carbocycles. The largest absolute Gasteiger partial charge is 0.744 e. The number of rotatable bonds is 1. The number of aryl methyl sites for hydroxylation is 1. The van der Waals surface area contributed by atoms with Crippen molar-refractivity contribution in [1.29, 1.82) is 0 Å². The normalized spacial score (nSPS) is 10.5. The zero-order chi connectivity index (χ0) is 17.8.